The number of hydrogen-bond donors (Lipinski definition) is 2. The number of alkyl halides is 3. The maximum absolute atomic E-state index is 12.4. The zero-order valence-corrected chi connectivity index (χ0v) is 11.0. The highest BCUT2D eigenvalue weighted by atomic mass is 19.4. The van der Waals surface area contributed by atoms with Crippen molar-refractivity contribution in [2.75, 3.05) is 13.1 Å². The minimum absolute atomic E-state index is 0.148. The van der Waals surface area contributed by atoms with Gasteiger partial charge in [-0.1, -0.05) is 12.1 Å². The summed E-state index contributed by atoms with van der Waals surface area (Å²) in [6.07, 6.45) is -1.88. The highest BCUT2D eigenvalue weighted by Gasteiger charge is 2.29. The summed E-state index contributed by atoms with van der Waals surface area (Å²) in [6, 6.07) is 4.79. The zero-order chi connectivity index (χ0) is 14.6. The topological polar surface area (TPSA) is 41.1 Å². The first kappa shape index (κ1) is 14.8. The van der Waals surface area contributed by atoms with E-state index in [4.69, 9.17) is 0 Å². The maximum Gasteiger partial charge on any atom is 0.416 e. The minimum Gasteiger partial charge on any atom is -0.351 e. The molecular formula is C14H17F3N2O. The van der Waals surface area contributed by atoms with Gasteiger partial charge in [-0.15, -0.1) is 0 Å². The third-order valence-corrected chi connectivity index (χ3v) is 3.19. The molecule has 0 atom stereocenters. The van der Waals surface area contributed by atoms with E-state index in [0.29, 0.717) is 11.5 Å². The van der Waals surface area contributed by atoms with E-state index < -0.39 is 11.7 Å². The van der Waals surface area contributed by atoms with E-state index in [1.165, 1.54) is 25.0 Å². The Morgan fingerprint density at radius 1 is 1.20 bits per heavy atom. The van der Waals surface area contributed by atoms with E-state index in [2.05, 4.69) is 10.6 Å². The lowest BCUT2D eigenvalue weighted by molar-refractivity contribution is -0.137. The summed E-state index contributed by atoms with van der Waals surface area (Å²) in [5.74, 6) is 0.559. The number of benzene rings is 1. The third-order valence-electron chi connectivity index (χ3n) is 3.19. The van der Waals surface area contributed by atoms with Gasteiger partial charge in [-0.3, -0.25) is 4.79 Å². The molecule has 0 saturated heterocycles. The number of rotatable bonds is 6. The Bertz CT molecular complexity index is 452. The third kappa shape index (κ3) is 4.85. The molecule has 0 radical (unpaired) electrons. The molecule has 0 aromatic heterocycles. The summed E-state index contributed by atoms with van der Waals surface area (Å²) in [4.78, 5) is 11.5. The average molecular weight is 286 g/mol. The van der Waals surface area contributed by atoms with Gasteiger partial charge in [-0.05, 0) is 43.0 Å². The molecule has 2 rings (SSSR count). The molecule has 6 heteroatoms. The van der Waals surface area contributed by atoms with Crippen LogP contribution in [0.25, 0.3) is 0 Å². The Kier molecular flexibility index (Phi) is 4.65. The van der Waals surface area contributed by atoms with Crippen LogP contribution < -0.4 is 10.6 Å². The van der Waals surface area contributed by atoms with Crippen LogP contribution in [0.3, 0.4) is 0 Å². The molecule has 0 spiro atoms. The fourth-order valence-corrected chi connectivity index (χ4v) is 1.79. The molecule has 0 bridgehead atoms. The molecule has 3 nitrogen and oxygen atoms in total. The van der Waals surface area contributed by atoms with Crippen molar-refractivity contribution >= 4 is 5.91 Å². The van der Waals surface area contributed by atoms with Crippen molar-refractivity contribution in [1.82, 2.24) is 10.6 Å². The Balaban J connectivity index is 1.71. The minimum atomic E-state index is -4.32. The Hall–Kier alpha value is -1.56. The van der Waals surface area contributed by atoms with Crippen LogP contribution in [-0.4, -0.2) is 19.0 Å². The number of carbonyl (C=O) groups excluding carboxylic acids is 1. The van der Waals surface area contributed by atoms with Gasteiger partial charge in [0.25, 0.3) is 0 Å². The Morgan fingerprint density at radius 2 is 1.85 bits per heavy atom. The zero-order valence-electron chi connectivity index (χ0n) is 11.0. The molecule has 2 N–H and O–H groups in total. The monoisotopic (exact) mass is 286 g/mol. The van der Waals surface area contributed by atoms with Gasteiger partial charge in [0.05, 0.1) is 12.1 Å². The van der Waals surface area contributed by atoms with E-state index >= 15 is 0 Å². The highest BCUT2D eigenvalue weighted by Crippen LogP contribution is 2.29. The molecule has 1 fully saturated rings. The number of halogens is 3. The predicted octanol–water partition coefficient (Wildman–Crippen LogP) is 2.32. The van der Waals surface area contributed by atoms with E-state index in [1.807, 2.05) is 0 Å². The molecule has 1 aromatic carbocycles. The largest absolute Gasteiger partial charge is 0.416 e. The molecule has 0 aliphatic heterocycles. The molecule has 1 aromatic rings. The standard InChI is InChI=1S/C14H17F3N2O/c15-14(16,17)12-5-3-11(4-6-12)8-19-13(20)9-18-7-10-1-2-10/h3-6,10,18H,1-2,7-9H2,(H,19,20). The number of amides is 1. The van der Waals surface area contributed by atoms with E-state index in [1.54, 1.807) is 0 Å². The summed E-state index contributed by atoms with van der Waals surface area (Å²) in [6.45, 7) is 1.34. The van der Waals surface area contributed by atoms with E-state index in [9.17, 15) is 18.0 Å². The van der Waals surface area contributed by atoms with E-state index in [0.717, 1.165) is 18.7 Å². The molecule has 1 saturated carbocycles. The summed E-state index contributed by atoms with van der Waals surface area (Å²) >= 11 is 0. The van der Waals surface area contributed by atoms with Crippen molar-refractivity contribution in [1.29, 1.82) is 0 Å². The van der Waals surface area contributed by atoms with Crippen molar-refractivity contribution in [3.05, 3.63) is 35.4 Å². The second-order valence-corrected chi connectivity index (χ2v) is 5.05. The van der Waals surface area contributed by atoms with Crippen molar-refractivity contribution in [2.45, 2.75) is 25.6 Å². The first-order valence-corrected chi connectivity index (χ1v) is 6.58. The van der Waals surface area contributed by atoms with E-state index in [-0.39, 0.29) is 19.0 Å². The fraction of sp³-hybridized carbons (Fsp3) is 0.500. The van der Waals surface area contributed by atoms with Crippen LogP contribution >= 0.6 is 0 Å². The smallest absolute Gasteiger partial charge is 0.351 e. The SMILES string of the molecule is O=C(CNCC1CC1)NCc1ccc(C(F)(F)F)cc1. The summed E-state index contributed by atoms with van der Waals surface area (Å²) in [7, 11) is 0. The normalized spacial score (nSPS) is 15.2. The quantitative estimate of drug-likeness (QED) is 0.842. The number of nitrogens with one attached hydrogen (secondary N) is 2. The van der Waals surface area contributed by atoms with Crippen LogP contribution in [0.1, 0.15) is 24.0 Å². The van der Waals surface area contributed by atoms with Gasteiger partial charge in [0, 0.05) is 6.54 Å². The van der Waals surface area contributed by atoms with Crippen molar-refractivity contribution in [3.63, 3.8) is 0 Å². The average Bonchev–Trinajstić information content (AvgIpc) is 3.20. The lowest BCUT2D eigenvalue weighted by Gasteiger charge is -2.09. The van der Waals surface area contributed by atoms with Crippen LogP contribution in [0, 0.1) is 5.92 Å². The second kappa shape index (κ2) is 6.26. The lowest BCUT2D eigenvalue weighted by atomic mass is 10.1. The predicted molar refractivity (Wildman–Crippen MR) is 68.9 cm³/mol. The Morgan fingerprint density at radius 3 is 2.40 bits per heavy atom. The molecule has 1 amide bonds. The number of carbonyl (C=O) groups is 1. The van der Waals surface area contributed by atoms with Crippen LogP contribution in [0.2, 0.25) is 0 Å². The summed E-state index contributed by atoms with van der Waals surface area (Å²) in [5.41, 5.74) is -0.0350. The number of hydrogen-bond acceptors (Lipinski definition) is 2. The highest BCUT2D eigenvalue weighted by molar-refractivity contribution is 5.77. The van der Waals surface area contributed by atoms with Crippen LogP contribution in [-0.2, 0) is 17.5 Å². The first-order chi connectivity index (χ1) is 9.45. The molecule has 20 heavy (non-hydrogen) atoms. The molecule has 0 unspecified atom stereocenters. The molecule has 1 aliphatic rings. The van der Waals surface area contributed by atoms with Crippen LogP contribution in [0.4, 0.5) is 13.2 Å². The molecule has 110 valence electrons. The van der Waals surface area contributed by atoms with Gasteiger partial charge >= 0.3 is 6.18 Å². The lowest BCUT2D eigenvalue weighted by Crippen LogP contribution is -2.34. The molecular weight excluding hydrogens is 269 g/mol. The van der Waals surface area contributed by atoms with Gasteiger partial charge in [-0.25, -0.2) is 0 Å². The molecule has 0 heterocycles. The van der Waals surface area contributed by atoms with Gasteiger partial charge < -0.3 is 10.6 Å². The van der Waals surface area contributed by atoms with Gasteiger partial charge in [0.2, 0.25) is 5.91 Å². The summed E-state index contributed by atoms with van der Waals surface area (Å²) in [5, 5.41) is 5.72. The van der Waals surface area contributed by atoms with Crippen LogP contribution in [0.5, 0.6) is 0 Å². The van der Waals surface area contributed by atoms with Crippen molar-refractivity contribution in [3.8, 4) is 0 Å². The maximum atomic E-state index is 12.4. The van der Waals surface area contributed by atoms with Gasteiger partial charge in [0.15, 0.2) is 0 Å². The van der Waals surface area contributed by atoms with Crippen molar-refractivity contribution in [2.24, 2.45) is 5.92 Å². The van der Waals surface area contributed by atoms with Crippen molar-refractivity contribution < 1.29 is 18.0 Å². The second-order valence-electron chi connectivity index (χ2n) is 5.05. The van der Waals surface area contributed by atoms with Gasteiger partial charge in [0.1, 0.15) is 0 Å². The van der Waals surface area contributed by atoms with Gasteiger partial charge in [-0.2, -0.15) is 13.2 Å². The first-order valence-electron chi connectivity index (χ1n) is 6.58. The fourth-order valence-electron chi connectivity index (χ4n) is 1.79. The molecule has 1 aliphatic carbocycles. The van der Waals surface area contributed by atoms with Crippen LogP contribution in [0.15, 0.2) is 24.3 Å². The Labute approximate surface area is 115 Å². The summed E-state index contributed by atoms with van der Waals surface area (Å²) < 4.78 is 37.1.